The zero-order valence-corrected chi connectivity index (χ0v) is 23.9. The summed E-state index contributed by atoms with van der Waals surface area (Å²) in [4.78, 5) is 15.4. The third kappa shape index (κ3) is 3.76. The summed E-state index contributed by atoms with van der Waals surface area (Å²) in [7, 11) is 0. The Balaban J connectivity index is 1.47. The van der Waals surface area contributed by atoms with Crippen LogP contribution < -0.4 is 0 Å². The molecule has 0 unspecified atom stereocenters. The van der Waals surface area contributed by atoms with Gasteiger partial charge in [-0.3, -0.25) is 4.57 Å². The highest BCUT2D eigenvalue weighted by atomic mass is 15.2. The van der Waals surface area contributed by atoms with Crippen LogP contribution in [-0.4, -0.2) is 24.1 Å². The zero-order chi connectivity index (χ0) is 29.0. The molecule has 5 nitrogen and oxygen atoms in total. The predicted molar refractivity (Wildman–Crippen MR) is 180 cm³/mol. The van der Waals surface area contributed by atoms with Crippen LogP contribution in [0.2, 0.25) is 0 Å². The number of aromatic nitrogens is 5. The van der Waals surface area contributed by atoms with Crippen LogP contribution in [0.1, 0.15) is 18.7 Å². The highest BCUT2D eigenvalue weighted by Crippen LogP contribution is 2.41. The third-order valence-corrected chi connectivity index (χ3v) is 8.59. The molecule has 1 aliphatic rings. The summed E-state index contributed by atoms with van der Waals surface area (Å²) in [5.41, 5.74) is 7.53. The van der Waals surface area contributed by atoms with E-state index < -0.39 is 0 Å². The maximum absolute atomic E-state index is 5.20. The molecule has 9 rings (SSSR count). The van der Waals surface area contributed by atoms with E-state index in [9.17, 15) is 0 Å². The average molecular weight is 566 g/mol. The van der Waals surface area contributed by atoms with E-state index in [-0.39, 0.29) is 0 Å². The van der Waals surface area contributed by atoms with Gasteiger partial charge in [0.25, 0.3) is 0 Å². The molecule has 1 aliphatic carbocycles. The molecule has 0 aliphatic heterocycles. The first-order valence-electron chi connectivity index (χ1n) is 15.0. The van der Waals surface area contributed by atoms with Crippen LogP contribution >= 0.6 is 0 Å². The van der Waals surface area contributed by atoms with Gasteiger partial charge in [-0.05, 0) is 37.1 Å². The Morgan fingerprint density at radius 1 is 0.477 bits per heavy atom. The molecule has 0 saturated heterocycles. The molecule has 8 aromatic rings. The molecule has 0 atom stereocenters. The lowest BCUT2D eigenvalue weighted by atomic mass is 10.1. The third-order valence-electron chi connectivity index (χ3n) is 8.59. The van der Waals surface area contributed by atoms with E-state index in [4.69, 9.17) is 15.0 Å². The second kappa shape index (κ2) is 9.89. The summed E-state index contributed by atoms with van der Waals surface area (Å²) < 4.78 is 4.63. The monoisotopic (exact) mass is 565 g/mol. The molecule has 0 spiro atoms. The van der Waals surface area contributed by atoms with Crippen LogP contribution in [0.15, 0.2) is 140 Å². The smallest absolute Gasteiger partial charge is 0.238 e. The lowest BCUT2D eigenvalue weighted by Gasteiger charge is -2.14. The minimum Gasteiger partial charge on any atom is -0.307 e. The van der Waals surface area contributed by atoms with Crippen molar-refractivity contribution in [3.63, 3.8) is 0 Å². The number of hydrogen-bond acceptors (Lipinski definition) is 3. The quantitative estimate of drug-likeness (QED) is 0.214. The molecule has 3 heterocycles. The van der Waals surface area contributed by atoms with Crippen molar-refractivity contribution in [2.45, 2.75) is 12.8 Å². The van der Waals surface area contributed by atoms with E-state index in [1.807, 2.05) is 18.2 Å². The van der Waals surface area contributed by atoms with E-state index in [2.05, 4.69) is 130 Å². The summed E-state index contributed by atoms with van der Waals surface area (Å²) in [6.07, 6.45) is 8.56. The molecule has 0 amide bonds. The van der Waals surface area contributed by atoms with Crippen LogP contribution in [0, 0.1) is 0 Å². The van der Waals surface area contributed by atoms with E-state index >= 15 is 0 Å². The summed E-state index contributed by atoms with van der Waals surface area (Å²) in [5, 5.41) is 4.72. The fourth-order valence-electron chi connectivity index (χ4n) is 6.64. The standard InChI is InChI=1S/C39H27N5/c1-4-14-26(15-5-1)37-40-38(27-16-6-2-7-17-27)42-39(41-37)44-34-23-13-11-21-30(34)32-25-24-31-29-20-10-12-22-33(29)43(35(31)36(32)44)28-18-8-3-9-19-28/h1,3-6,8-25H,2,7H2. The molecular weight excluding hydrogens is 538 g/mol. The Labute approximate surface area is 254 Å². The largest absolute Gasteiger partial charge is 0.307 e. The molecule has 5 aromatic carbocycles. The second-order valence-corrected chi connectivity index (χ2v) is 11.2. The van der Waals surface area contributed by atoms with Crippen LogP contribution in [0.4, 0.5) is 0 Å². The van der Waals surface area contributed by atoms with Gasteiger partial charge in [-0.1, -0.05) is 115 Å². The lowest BCUT2D eigenvalue weighted by Crippen LogP contribution is -2.08. The SMILES string of the molecule is C1=CC(c2nc(-c3ccccc3)nc(-n3c4ccccc4c4ccc5c6ccccc6n(-c6ccccc6)c5c43)n2)=CCC1. The lowest BCUT2D eigenvalue weighted by molar-refractivity contribution is 0.928. The van der Waals surface area contributed by atoms with Crippen molar-refractivity contribution >= 4 is 49.2 Å². The minimum absolute atomic E-state index is 0.609. The van der Waals surface area contributed by atoms with Crippen LogP contribution in [0.3, 0.4) is 0 Å². The van der Waals surface area contributed by atoms with Crippen LogP contribution in [0.25, 0.3) is 72.2 Å². The van der Waals surface area contributed by atoms with Crippen molar-refractivity contribution < 1.29 is 0 Å². The van der Waals surface area contributed by atoms with Crippen molar-refractivity contribution in [1.29, 1.82) is 0 Å². The summed E-state index contributed by atoms with van der Waals surface area (Å²) in [6, 6.07) is 42.5. The molecule has 208 valence electrons. The van der Waals surface area contributed by atoms with Crippen molar-refractivity contribution in [1.82, 2.24) is 24.1 Å². The van der Waals surface area contributed by atoms with Gasteiger partial charge in [-0.25, -0.2) is 4.98 Å². The number of rotatable bonds is 4. The first-order chi connectivity index (χ1) is 21.8. The normalized spacial score (nSPS) is 13.3. The number of benzene rings is 5. The fourth-order valence-corrected chi connectivity index (χ4v) is 6.64. The molecule has 0 fully saturated rings. The van der Waals surface area contributed by atoms with E-state index in [0.29, 0.717) is 17.6 Å². The van der Waals surface area contributed by atoms with E-state index in [1.165, 1.54) is 10.8 Å². The Morgan fingerprint density at radius 2 is 1.07 bits per heavy atom. The summed E-state index contributed by atoms with van der Waals surface area (Å²) in [5.74, 6) is 1.95. The Hall–Kier alpha value is -5.81. The fraction of sp³-hybridized carbons (Fsp3) is 0.0513. The van der Waals surface area contributed by atoms with Gasteiger partial charge < -0.3 is 4.57 Å². The van der Waals surface area contributed by atoms with Gasteiger partial charge in [0.15, 0.2) is 11.6 Å². The first-order valence-corrected chi connectivity index (χ1v) is 15.0. The molecule has 0 radical (unpaired) electrons. The van der Waals surface area contributed by atoms with Gasteiger partial charge in [0, 0.05) is 38.4 Å². The number of nitrogens with zero attached hydrogens (tertiary/aromatic N) is 5. The van der Waals surface area contributed by atoms with Crippen molar-refractivity contribution in [3.8, 4) is 23.0 Å². The van der Waals surface area contributed by atoms with E-state index in [1.54, 1.807) is 0 Å². The molecule has 5 heteroatoms. The number of para-hydroxylation sites is 3. The topological polar surface area (TPSA) is 48.5 Å². The van der Waals surface area contributed by atoms with Crippen molar-refractivity contribution in [2.24, 2.45) is 0 Å². The minimum atomic E-state index is 0.609. The maximum atomic E-state index is 5.20. The number of hydrogen-bond donors (Lipinski definition) is 0. The Kier molecular flexibility index (Phi) is 5.56. The first kappa shape index (κ1) is 24.8. The average Bonchev–Trinajstić information content (AvgIpc) is 3.62. The molecule has 44 heavy (non-hydrogen) atoms. The molecule has 3 aromatic heterocycles. The highest BCUT2D eigenvalue weighted by molar-refractivity contribution is 6.23. The van der Waals surface area contributed by atoms with Crippen LogP contribution in [0.5, 0.6) is 0 Å². The van der Waals surface area contributed by atoms with Gasteiger partial charge in [-0.15, -0.1) is 0 Å². The molecule has 0 bridgehead atoms. The van der Waals surface area contributed by atoms with Gasteiger partial charge in [-0.2, -0.15) is 9.97 Å². The molecule has 0 N–H and O–H groups in total. The molecular formula is C39H27N5. The summed E-state index contributed by atoms with van der Waals surface area (Å²) in [6.45, 7) is 0. The Bertz CT molecular complexity index is 2430. The van der Waals surface area contributed by atoms with Gasteiger partial charge in [0.2, 0.25) is 5.95 Å². The zero-order valence-electron chi connectivity index (χ0n) is 23.9. The number of fused-ring (bicyclic) bond motifs is 7. The highest BCUT2D eigenvalue weighted by Gasteiger charge is 2.23. The van der Waals surface area contributed by atoms with Gasteiger partial charge in [0.05, 0.1) is 22.1 Å². The maximum Gasteiger partial charge on any atom is 0.238 e. The molecule has 0 saturated carbocycles. The Morgan fingerprint density at radius 3 is 1.75 bits per heavy atom. The second-order valence-electron chi connectivity index (χ2n) is 11.2. The van der Waals surface area contributed by atoms with Crippen LogP contribution in [-0.2, 0) is 0 Å². The van der Waals surface area contributed by atoms with Gasteiger partial charge in [0.1, 0.15) is 0 Å². The number of allylic oxidation sites excluding steroid dienone is 4. The predicted octanol–water partition coefficient (Wildman–Crippen LogP) is 9.47. The van der Waals surface area contributed by atoms with Crippen molar-refractivity contribution in [3.05, 3.63) is 145 Å². The van der Waals surface area contributed by atoms with Crippen molar-refractivity contribution in [2.75, 3.05) is 0 Å². The van der Waals surface area contributed by atoms with E-state index in [0.717, 1.165) is 62.5 Å². The summed E-state index contributed by atoms with van der Waals surface area (Å²) >= 11 is 0. The van der Waals surface area contributed by atoms with Gasteiger partial charge >= 0.3 is 0 Å².